The van der Waals surface area contributed by atoms with Crippen molar-refractivity contribution in [2.45, 2.75) is 6.92 Å². The van der Waals surface area contributed by atoms with Crippen molar-refractivity contribution in [1.82, 2.24) is 9.97 Å². The van der Waals surface area contributed by atoms with Gasteiger partial charge in [-0.05, 0) is 30.7 Å². The maximum atomic E-state index is 11.0. The van der Waals surface area contributed by atoms with Gasteiger partial charge in [0.1, 0.15) is 11.9 Å². The minimum Gasteiger partial charge on any atom is -0.496 e. The molecule has 0 spiro atoms. The molecule has 0 bridgehead atoms. The molecule has 2 rings (SSSR count). The lowest BCUT2D eigenvalue weighted by atomic mass is 10.2. The average molecular weight is 290 g/mol. The summed E-state index contributed by atoms with van der Waals surface area (Å²) in [6.07, 6.45) is 1.08. The number of benzene rings is 1. The number of nitro groups is 1. The van der Waals surface area contributed by atoms with Gasteiger partial charge in [0.25, 0.3) is 0 Å². The van der Waals surface area contributed by atoms with Gasteiger partial charge >= 0.3 is 5.69 Å². The van der Waals surface area contributed by atoms with Crippen molar-refractivity contribution in [3.05, 3.63) is 40.1 Å². The van der Waals surface area contributed by atoms with Gasteiger partial charge < -0.3 is 10.1 Å². The number of rotatable bonds is 5. The van der Waals surface area contributed by atoms with Crippen molar-refractivity contribution < 1.29 is 9.66 Å². The Morgan fingerprint density at radius 1 is 1.43 bits per heavy atom. The van der Waals surface area contributed by atoms with E-state index < -0.39 is 4.92 Å². The molecule has 9 heteroatoms. The highest BCUT2D eigenvalue weighted by molar-refractivity contribution is 5.67. The molecule has 4 N–H and O–H groups in total. The molecule has 0 fully saturated rings. The lowest BCUT2D eigenvalue weighted by molar-refractivity contribution is -0.384. The molecule has 0 atom stereocenters. The molecule has 2 aromatic rings. The highest BCUT2D eigenvalue weighted by atomic mass is 16.6. The summed E-state index contributed by atoms with van der Waals surface area (Å²) >= 11 is 0. The smallest absolute Gasteiger partial charge is 0.329 e. The Kier molecular flexibility index (Phi) is 4.14. The van der Waals surface area contributed by atoms with Crippen molar-refractivity contribution in [3.63, 3.8) is 0 Å². The van der Waals surface area contributed by atoms with Crippen LogP contribution in [0.1, 0.15) is 5.56 Å². The van der Waals surface area contributed by atoms with Crippen LogP contribution >= 0.6 is 0 Å². The van der Waals surface area contributed by atoms with E-state index in [4.69, 9.17) is 10.6 Å². The Labute approximate surface area is 120 Å². The molecule has 0 aliphatic rings. The van der Waals surface area contributed by atoms with Crippen molar-refractivity contribution in [2.24, 2.45) is 5.84 Å². The van der Waals surface area contributed by atoms with Gasteiger partial charge in [0.2, 0.25) is 11.8 Å². The van der Waals surface area contributed by atoms with E-state index in [2.05, 4.69) is 20.7 Å². The molecule has 0 aliphatic heterocycles. The fraction of sp³-hybridized carbons (Fsp3) is 0.167. The summed E-state index contributed by atoms with van der Waals surface area (Å²) in [7, 11) is 1.57. The molecule has 21 heavy (non-hydrogen) atoms. The number of nitrogens with zero attached hydrogens (tertiary/aromatic N) is 3. The lowest BCUT2D eigenvalue weighted by Gasteiger charge is -2.10. The quantitative estimate of drug-likeness (QED) is 0.431. The first-order valence-electron chi connectivity index (χ1n) is 5.95. The van der Waals surface area contributed by atoms with E-state index in [-0.39, 0.29) is 17.5 Å². The van der Waals surface area contributed by atoms with Crippen LogP contribution in [0.25, 0.3) is 0 Å². The molecule has 0 unspecified atom stereocenters. The summed E-state index contributed by atoms with van der Waals surface area (Å²) in [5.74, 6) is 6.06. The molecule has 0 saturated heterocycles. The summed E-state index contributed by atoms with van der Waals surface area (Å²) in [4.78, 5) is 18.1. The molecule has 110 valence electrons. The Balaban J connectivity index is 2.37. The van der Waals surface area contributed by atoms with Crippen LogP contribution in [0.3, 0.4) is 0 Å². The third kappa shape index (κ3) is 3.15. The van der Waals surface area contributed by atoms with E-state index in [1.165, 1.54) is 0 Å². The zero-order valence-corrected chi connectivity index (χ0v) is 11.5. The Bertz CT molecular complexity index is 676. The Hall–Kier alpha value is -2.94. The average Bonchev–Trinajstić information content (AvgIpc) is 2.47. The molecule has 1 heterocycles. The number of nitrogen functional groups attached to an aromatic ring is 1. The van der Waals surface area contributed by atoms with Crippen molar-refractivity contribution in [2.75, 3.05) is 17.9 Å². The first-order valence-corrected chi connectivity index (χ1v) is 5.95. The van der Waals surface area contributed by atoms with E-state index in [1.807, 2.05) is 6.92 Å². The number of hydrogen-bond acceptors (Lipinski definition) is 8. The van der Waals surface area contributed by atoms with Gasteiger partial charge in [-0.1, -0.05) is 0 Å². The van der Waals surface area contributed by atoms with Crippen LogP contribution in [-0.2, 0) is 0 Å². The second kappa shape index (κ2) is 6.01. The van der Waals surface area contributed by atoms with Crippen LogP contribution in [0, 0.1) is 17.0 Å². The lowest BCUT2D eigenvalue weighted by Crippen LogP contribution is -2.12. The Morgan fingerprint density at radius 3 is 2.76 bits per heavy atom. The van der Waals surface area contributed by atoms with E-state index in [1.54, 1.807) is 25.3 Å². The normalized spacial score (nSPS) is 10.0. The van der Waals surface area contributed by atoms with Crippen LogP contribution in [0.5, 0.6) is 5.75 Å². The summed E-state index contributed by atoms with van der Waals surface area (Å²) < 4.78 is 5.16. The van der Waals surface area contributed by atoms with E-state index >= 15 is 0 Å². The summed E-state index contributed by atoms with van der Waals surface area (Å²) in [6.45, 7) is 1.87. The third-order valence-electron chi connectivity index (χ3n) is 2.75. The van der Waals surface area contributed by atoms with Crippen molar-refractivity contribution in [1.29, 1.82) is 0 Å². The van der Waals surface area contributed by atoms with Crippen molar-refractivity contribution >= 4 is 23.1 Å². The van der Waals surface area contributed by atoms with Gasteiger partial charge in [-0.25, -0.2) is 10.8 Å². The molecule has 0 amide bonds. The van der Waals surface area contributed by atoms with Crippen LogP contribution in [0.4, 0.5) is 23.1 Å². The fourth-order valence-electron chi connectivity index (χ4n) is 1.76. The summed E-state index contributed by atoms with van der Waals surface area (Å²) in [6, 6.07) is 5.28. The van der Waals surface area contributed by atoms with E-state index in [9.17, 15) is 10.1 Å². The second-order valence-electron chi connectivity index (χ2n) is 4.14. The highest BCUT2D eigenvalue weighted by Gasteiger charge is 2.17. The van der Waals surface area contributed by atoms with Gasteiger partial charge in [-0.2, -0.15) is 4.98 Å². The van der Waals surface area contributed by atoms with Crippen LogP contribution < -0.4 is 21.3 Å². The van der Waals surface area contributed by atoms with Crippen LogP contribution in [-0.4, -0.2) is 22.0 Å². The number of aryl methyl sites for hydroxylation is 1. The van der Waals surface area contributed by atoms with E-state index in [0.717, 1.165) is 17.5 Å². The van der Waals surface area contributed by atoms with Crippen LogP contribution in [0.2, 0.25) is 0 Å². The molecule has 9 nitrogen and oxygen atoms in total. The predicted molar refractivity (Wildman–Crippen MR) is 77.5 cm³/mol. The van der Waals surface area contributed by atoms with Gasteiger partial charge in [0.05, 0.1) is 12.0 Å². The van der Waals surface area contributed by atoms with Gasteiger partial charge in [0, 0.05) is 5.69 Å². The zero-order chi connectivity index (χ0) is 15.4. The molecule has 1 aromatic carbocycles. The topological polar surface area (TPSA) is 128 Å². The maximum Gasteiger partial charge on any atom is 0.329 e. The number of methoxy groups -OCH3 is 1. The summed E-state index contributed by atoms with van der Waals surface area (Å²) in [5.41, 5.74) is 3.52. The number of aromatic nitrogens is 2. The monoisotopic (exact) mass is 290 g/mol. The van der Waals surface area contributed by atoms with Crippen LogP contribution in [0.15, 0.2) is 24.4 Å². The number of anilines is 3. The Morgan fingerprint density at radius 2 is 2.19 bits per heavy atom. The number of ether oxygens (including phenoxy) is 1. The fourth-order valence-corrected chi connectivity index (χ4v) is 1.76. The standard InChI is InChI=1S/C12H14N6O3/c1-7-5-8(3-4-10(7)21-2)15-11-9(18(19)20)6-14-12(16-11)17-13/h3-6H,13H2,1-2H3,(H2,14,15,16,17). The third-order valence-corrected chi connectivity index (χ3v) is 2.75. The SMILES string of the molecule is COc1ccc(Nc2nc(NN)ncc2[N+](=O)[O-])cc1C. The van der Waals surface area contributed by atoms with Gasteiger partial charge in [-0.15, -0.1) is 0 Å². The van der Waals surface area contributed by atoms with Crippen molar-refractivity contribution in [3.8, 4) is 5.75 Å². The van der Waals surface area contributed by atoms with E-state index in [0.29, 0.717) is 5.69 Å². The molecular formula is C12H14N6O3. The number of nitrogens with two attached hydrogens (primary N) is 1. The van der Waals surface area contributed by atoms with Gasteiger partial charge in [-0.3, -0.25) is 15.5 Å². The molecular weight excluding hydrogens is 276 g/mol. The largest absolute Gasteiger partial charge is 0.496 e. The number of nitrogens with one attached hydrogen (secondary N) is 2. The van der Waals surface area contributed by atoms with Gasteiger partial charge in [0.15, 0.2) is 0 Å². The molecule has 0 aliphatic carbocycles. The molecule has 0 radical (unpaired) electrons. The number of hydrazine groups is 1. The molecule has 1 aromatic heterocycles. The first kappa shape index (κ1) is 14.5. The number of hydrogen-bond donors (Lipinski definition) is 3. The molecule has 0 saturated carbocycles. The minimum atomic E-state index is -0.570. The predicted octanol–water partition coefficient (Wildman–Crippen LogP) is 1.73. The minimum absolute atomic E-state index is 0.0486. The maximum absolute atomic E-state index is 11.0. The highest BCUT2D eigenvalue weighted by Crippen LogP contribution is 2.28. The first-order chi connectivity index (χ1) is 10.0. The zero-order valence-electron chi connectivity index (χ0n) is 11.5. The second-order valence-corrected chi connectivity index (χ2v) is 4.14. The summed E-state index contributed by atoms with van der Waals surface area (Å²) in [5, 5.41) is 13.9.